The van der Waals surface area contributed by atoms with Crippen molar-refractivity contribution < 1.29 is 17.9 Å². The number of ether oxygens (including phenoxy) is 1. The molecule has 1 atom stereocenters. The maximum Gasteiger partial charge on any atom is 0.253 e. The van der Waals surface area contributed by atoms with E-state index in [9.17, 15) is 13.2 Å². The molecule has 0 spiro atoms. The second-order valence-electron chi connectivity index (χ2n) is 9.55. The van der Waals surface area contributed by atoms with Crippen molar-refractivity contribution in [3.05, 3.63) is 39.7 Å². The van der Waals surface area contributed by atoms with Gasteiger partial charge in [-0.2, -0.15) is 4.31 Å². The number of carbonyl (C=O) groups excluding carboxylic acids is 1. The van der Waals surface area contributed by atoms with Crippen molar-refractivity contribution in [1.29, 1.82) is 0 Å². The van der Waals surface area contributed by atoms with Gasteiger partial charge in [0.2, 0.25) is 5.91 Å². The van der Waals surface area contributed by atoms with E-state index in [1.807, 2.05) is 6.92 Å². The largest absolute Gasteiger partial charge is 0.379 e. The molecule has 2 saturated heterocycles. The molecule has 5 rings (SSSR count). The van der Waals surface area contributed by atoms with Crippen LogP contribution in [0.2, 0.25) is 4.34 Å². The molecule has 200 valence electrons. The van der Waals surface area contributed by atoms with Crippen LogP contribution in [0.25, 0.3) is 10.2 Å². The fourth-order valence-corrected chi connectivity index (χ4v) is 9.49. The first-order chi connectivity index (χ1) is 17.7. The molecule has 2 aromatic heterocycles. The molecule has 4 heterocycles. The predicted molar refractivity (Wildman–Crippen MR) is 150 cm³/mol. The summed E-state index contributed by atoms with van der Waals surface area (Å²) >= 11 is 8.54. The number of thiophene rings is 1. The molecule has 0 N–H and O–H groups in total. The van der Waals surface area contributed by atoms with E-state index in [0.29, 0.717) is 35.4 Å². The lowest BCUT2D eigenvalue weighted by atomic mass is 10.1. The summed E-state index contributed by atoms with van der Waals surface area (Å²) in [5, 5.41) is 0.624. The van der Waals surface area contributed by atoms with Crippen LogP contribution in [0.15, 0.2) is 28.5 Å². The molecule has 2 aliphatic heterocycles. The number of halogens is 1. The van der Waals surface area contributed by atoms with Crippen molar-refractivity contribution >= 4 is 65.6 Å². The first kappa shape index (κ1) is 27.0. The van der Waals surface area contributed by atoms with Gasteiger partial charge in [0.1, 0.15) is 10.3 Å². The summed E-state index contributed by atoms with van der Waals surface area (Å²) in [5.41, 5.74) is 3.10. The summed E-state index contributed by atoms with van der Waals surface area (Å²) in [4.78, 5) is 23.0. The average molecular weight is 583 g/mol. The summed E-state index contributed by atoms with van der Waals surface area (Å²) in [6.45, 7) is 8.92. The molecule has 3 aromatic rings. The van der Waals surface area contributed by atoms with Crippen molar-refractivity contribution in [1.82, 2.24) is 14.2 Å². The standard InChI is InChI=1S/C25H31ClN4O4S3/c1-17-15-18(2)23-20(16-17)35-25(27-23)29(9-4-8-28-11-13-34-14-12-28)24(31)19-5-3-10-30(19)37(32,33)22-7-6-21(26)36-22/h6-7,15-16,19H,3-5,8-14H2,1-2H3. The van der Waals surface area contributed by atoms with Gasteiger partial charge >= 0.3 is 0 Å². The van der Waals surface area contributed by atoms with Gasteiger partial charge in [0.15, 0.2) is 5.13 Å². The molecule has 1 aromatic carbocycles. The topological polar surface area (TPSA) is 83.1 Å². The quantitative estimate of drug-likeness (QED) is 0.388. The summed E-state index contributed by atoms with van der Waals surface area (Å²) in [5.74, 6) is -0.209. The normalized spacial score (nSPS) is 19.6. The van der Waals surface area contributed by atoms with Gasteiger partial charge in [0, 0.05) is 32.7 Å². The van der Waals surface area contributed by atoms with Crippen LogP contribution in [0.4, 0.5) is 5.13 Å². The number of rotatable bonds is 8. The van der Waals surface area contributed by atoms with Crippen LogP contribution in [0.1, 0.15) is 30.4 Å². The zero-order valence-corrected chi connectivity index (χ0v) is 24.2. The lowest BCUT2D eigenvalue weighted by Crippen LogP contribution is -2.48. The van der Waals surface area contributed by atoms with Crippen molar-refractivity contribution in [2.24, 2.45) is 0 Å². The highest BCUT2D eigenvalue weighted by molar-refractivity contribution is 7.91. The van der Waals surface area contributed by atoms with E-state index >= 15 is 0 Å². The van der Waals surface area contributed by atoms with Crippen molar-refractivity contribution in [3.8, 4) is 0 Å². The second kappa shape index (κ2) is 11.3. The SMILES string of the molecule is Cc1cc(C)c2nc(N(CCCN3CCOCC3)C(=O)C3CCCN3S(=O)(=O)c3ccc(Cl)s3)sc2c1. The molecular formula is C25H31ClN4O4S3. The Hall–Kier alpha value is -1.60. The molecule has 2 aliphatic rings. The zero-order chi connectivity index (χ0) is 26.2. The van der Waals surface area contributed by atoms with Crippen LogP contribution < -0.4 is 4.90 Å². The summed E-state index contributed by atoms with van der Waals surface area (Å²) in [6, 6.07) is 6.51. The number of aryl methyl sites for hydroxylation is 2. The summed E-state index contributed by atoms with van der Waals surface area (Å²) in [6.07, 6.45) is 1.88. The second-order valence-corrected chi connectivity index (χ2v) is 14.4. The number of benzene rings is 1. The van der Waals surface area contributed by atoms with E-state index in [1.165, 1.54) is 21.7 Å². The van der Waals surface area contributed by atoms with Crippen molar-refractivity contribution in [2.75, 3.05) is 50.8 Å². The summed E-state index contributed by atoms with van der Waals surface area (Å²) < 4.78 is 35.3. The average Bonchev–Trinajstić information content (AvgIpc) is 3.62. The van der Waals surface area contributed by atoms with Crippen LogP contribution in [0.5, 0.6) is 0 Å². The van der Waals surface area contributed by atoms with Crippen LogP contribution in [0.3, 0.4) is 0 Å². The molecule has 0 saturated carbocycles. The van der Waals surface area contributed by atoms with E-state index in [-0.39, 0.29) is 10.1 Å². The first-order valence-electron chi connectivity index (χ1n) is 12.5. The van der Waals surface area contributed by atoms with Gasteiger partial charge in [-0.25, -0.2) is 13.4 Å². The van der Waals surface area contributed by atoms with Crippen molar-refractivity contribution in [3.63, 3.8) is 0 Å². The van der Waals surface area contributed by atoms with Crippen LogP contribution in [0, 0.1) is 13.8 Å². The highest BCUT2D eigenvalue weighted by atomic mass is 35.5. The Morgan fingerprint density at radius 1 is 1.19 bits per heavy atom. The third-order valence-corrected chi connectivity index (χ3v) is 11.5. The predicted octanol–water partition coefficient (Wildman–Crippen LogP) is 4.54. The monoisotopic (exact) mass is 582 g/mol. The molecule has 1 amide bonds. The number of thiazole rings is 1. The van der Waals surface area contributed by atoms with Gasteiger partial charge in [-0.3, -0.25) is 14.6 Å². The van der Waals surface area contributed by atoms with Gasteiger partial charge in [-0.1, -0.05) is 29.0 Å². The van der Waals surface area contributed by atoms with E-state index in [2.05, 4.69) is 24.0 Å². The van der Waals surface area contributed by atoms with Gasteiger partial charge in [-0.15, -0.1) is 11.3 Å². The molecule has 1 unspecified atom stereocenters. The van der Waals surface area contributed by atoms with Crippen LogP contribution >= 0.6 is 34.3 Å². The smallest absolute Gasteiger partial charge is 0.253 e. The number of amides is 1. The number of hydrogen-bond acceptors (Lipinski definition) is 8. The number of nitrogens with zero attached hydrogens (tertiary/aromatic N) is 4. The third kappa shape index (κ3) is 5.73. The fraction of sp³-hybridized carbons (Fsp3) is 0.520. The zero-order valence-electron chi connectivity index (χ0n) is 21.0. The number of hydrogen-bond donors (Lipinski definition) is 0. The van der Waals surface area contributed by atoms with E-state index in [1.54, 1.807) is 11.0 Å². The summed E-state index contributed by atoms with van der Waals surface area (Å²) in [7, 11) is -3.82. The van der Waals surface area contributed by atoms with Gasteiger partial charge in [0.05, 0.1) is 27.8 Å². The Kier molecular flexibility index (Phi) is 8.21. The molecule has 8 nitrogen and oxygen atoms in total. The minimum Gasteiger partial charge on any atom is -0.379 e. The van der Waals surface area contributed by atoms with E-state index in [0.717, 1.165) is 71.9 Å². The van der Waals surface area contributed by atoms with Gasteiger partial charge in [0.25, 0.3) is 10.0 Å². The number of morpholine rings is 1. The number of sulfonamides is 1. The molecular weight excluding hydrogens is 552 g/mol. The Morgan fingerprint density at radius 2 is 1.97 bits per heavy atom. The molecule has 2 fully saturated rings. The lowest BCUT2D eigenvalue weighted by Gasteiger charge is -2.30. The lowest BCUT2D eigenvalue weighted by molar-refractivity contribution is -0.121. The first-order valence-corrected chi connectivity index (χ1v) is 16.0. The Labute approximate surface area is 230 Å². The van der Waals surface area contributed by atoms with E-state index < -0.39 is 16.1 Å². The molecule has 37 heavy (non-hydrogen) atoms. The minimum atomic E-state index is -3.82. The number of fused-ring (bicyclic) bond motifs is 1. The Morgan fingerprint density at radius 3 is 2.70 bits per heavy atom. The maximum atomic E-state index is 14.1. The van der Waals surface area contributed by atoms with Gasteiger partial charge in [-0.05, 0) is 62.4 Å². The molecule has 0 radical (unpaired) electrons. The minimum absolute atomic E-state index is 0.169. The number of aromatic nitrogens is 1. The van der Waals surface area contributed by atoms with E-state index in [4.69, 9.17) is 21.3 Å². The third-order valence-electron chi connectivity index (χ3n) is 6.88. The maximum absolute atomic E-state index is 14.1. The van der Waals surface area contributed by atoms with Crippen LogP contribution in [-0.4, -0.2) is 80.5 Å². The Balaban J connectivity index is 1.43. The van der Waals surface area contributed by atoms with Gasteiger partial charge < -0.3 is 4.74 Å². The highest BCUT2D eigenvalue weighted by Gasteiger charge is 2.42. The van der Waals surface area contributed by atoms with Crippen molar-refractivity contribution in [2.45, 2.75) is 43.4 Å². The van der Waals surface area contributed by atoms with Crippen LogP contribution in [-0.2, 0) is 19.6 Å². The molecule has 12 heteroatoms. The Bertz CT molecular complexity index is 1380. The fourth-order valence-electron chi connectivity index (χ4n) is 5.06. The highest BCUT2D eigenvalue weighted by Crippen LogP contribution is 2.36. The number of anilines is 1. The molecule has 0 bridgehead atoms. The number of carbonyl (C=O) groups is 1. The molecule has 0 aliphatic carbocycles.